The van der Waals surface area contributed by atoms with Crippen molar-refractivity contribution < 1.29 is 4.39 Å². The van der Waals surface area contributed by atoms with Gasteiger partial charge in [0.2, 0.25) is 0 Å². The third-order valence-electron chi connectivity index (χ3n) is 3.40. The molecule has 1 unspecified atom stereocenters. The standard InChI is InChI=1S/C13H18BrFN2/c1-17-7-3-5-11(17)9-16-8-10-4-2-6-12(15)13(10)14/h2,4,6,11,16H,3,5,7-9H2,1H3. The van der Waals surface area contributed by atoms with Gasteiger partial charge in [-0.15, -0.1) is 0 Å². The van der Waals surface area contributed by atoms with E-state index in [9.17, 15) is 4.39 Å². The van der Waals surface area contributed by atoms with Crippen LogP contribution in [0.2, 0.25) is 0 Å². The Morgan fingerprint density at radius 3 is 3.06 bits per heavy atom. The Balaban J connectivity index is 1.84. The molecule has 0 radical (unpaired) electrons. The number of halogens is 2. The number of likely N-dealkylation sites (N-methyl/N-ethyl adjacent to an activating group) is 1. The van der Waals surface area contributed by atoms with Crippen LogP contribution in [0.3, 0.4) is 0 Å². The number of nitrogens with one attached hydrogen (secondary N) is 1. The Hall–Kier alpha value is -0.450. The van der Waals surface area contributed by atoms with Crippen molar-refractivity contribution >= 4 is 15.9 Å². The lowest BCUT2D eigenvalue weighted by Gasteiger charge is -2.19. The van der Waals surface area contributed by atoms with Crippen molar-refractivity contribution in [1.29, 1.82) is 0 Å². The lowest BCUT2D eigenvalue weighted by atomic mass is 10.2. The van der Waals surface area contributed by atoms with E-state index in [1.54, 1.807) is 6.07 Å². The zero-order chi connectivity index (χ0) is 12.3. The van der Waals surface area contributed by atoms with E-state index in [1.807, 2.05) is 6.07 Å². The number of nitrogens with zero attached hydrogens (tertiary/aromatic N) is 1. The van der Waals surface area contributed by atoms with Crippen molar-refractivity contribution in [2.24, 2.45) is 0 Å². The van der Waals surface area contributed by atoms with E-state index in [1.165, 1.54) is 25.5 Å². The molecule has 2 nitrogen and oxygen atoms in total. The van der Waals surface area contributed by atoms with Gasteiger partial charge in [0, 0.05) is 19.1 Å². The monoisotopic (exact) mass is 300 g/mol. The van der Waals surface area contributed by atoms with Crippen LogP contribution >= 0.6 is 15.9 Å². The minimum Gasteiger partial charge on any atom is -0.311 e. The Morgan fingerprint density at radius 1 is 1.53 bits per heavy atom. The molecule has 17 heavy (non-hydrogen) atoms. The van der Waals surface area contributed by atoms with Crippen LogP contribution < -0.4 is 5.32 Å². The molecule has 2 rings (SSSR count). The van der Waals surface area contributed by atoms with E-state index < -0.39 is 0 Å². The maximum absolute atomic E-state index is 13.3. The molecule has 4 heteroatoms. The van der Waals surface area contributed by atoms with Gasteiger partial charge in [0.05, 0.1) is 4.47 Å². The topological polar surface area (TPSA) is 15.3 Å². The molecule has 0 aromatic heterocycles. The smallest absolute Gasteiger partial charge is 0.137 e. The Kier molecular flexibility index (Phi) is 4.54. The van der Waals surface area contributed by atoms with Gasteiger partial charge in [-0.1, -0.05) is 12.1 Å². The zero-order valence-corrected chi connectivity index (χ0v) is 11.6. The van der Waals surface area contributed by atoms with Gasteiger partial charge < -0.3 is 10.2 Å². The summed E-state index contributed by atoms with van der Waals surface area (Å²) in [7, 11) is 2.16. The zero-order valence-electron chi connectivity index (χ0n) is 10.0. The van der Waals surface area contributed by atoms with E-state index in [0.717, 1.165) is 12.1 Å². The van der Waals surface area contributed by atoms with E-state index in [4.69, 9.17) is 0 Å². The van der Waals surface area contributed by atoms with Crippen molar-refractivity contribution in [3.05, 3.63) is 34.1 Å². The first-order valence-corrected chi connectivity index (χ1v) is 6.81. The molecule has 1 N–H and O–H groups in total. The SMILES string of the molecule is CN1CCCC1CNCc1cccc(F)c1Br. The largest absolute Gasteiger partial charge is 0.311 e. The first-order chi connectivity index (χ1) is 8.18. The fourth-order valence-corrected chi connectivity index (χ4v) is 2.70. The highest BCUT2D eigenvalue weighted by molar-refractivity contribution is 9.10. The first-order valence-electron chi connectivity index (χ1n) is 6.02. The normalized spacial score (nSPS) is 21.0. The molecular weight excluding hydrogens is 283 g/mol. The summed E-state index contributed by atoms with van der Waals surface area (Å²) in [5, 5.41) is 3.40. The summed E-state index contributed by atoms with van der Waals surface area (Å²) in [6.07, 6.45) is 2.54. The highest BCUT2D eigenvalue weighted by Gasteiger charge is 2.19. The molecule has 0 saturated carbocycles. The van der Waals surface area contributed by atoms with E-state index in [2.05, 4.69) is 33.2 Å². The molecule has 1 aliphatic rings. The molecule has 1 atom stereocenters. The lowest BCUT2D eigenvalue weighted by Crippen LogP contribution is -2.35. The molecule has 0 amide bonds. The lowest BCUT2D eigenvalue weighted by molar-refractivity contribution is 0.300. The molecular formula is C13H18BrFN2. The van der Waals surface area contributed by atoms with Crippen LogP contribution in [0, 0.1) is 5.82 Å². The summed E-state index contributed by atoms with van der Waals surface area (Å²) in [4.78, 5) is 2.38. The predicted molar refractivity (Wildman–Crippen MR) is 71.5 cm³/mol. The third kappa shape index (κ3) is 3.27. The number of likely N-dealkylation sites (tertiary alicyclic amines) is 1. The fourth-order valence-electron chi connectivity index (χ4n) is 2.30. The van der Waals surface area contributed by atoms with Gasteiger partial charge in [0.15, 0.2) is 0 Å². The highest BCUT2D eigenvalue weighted by atomic mass is 79.9. The van der Waals surface area contributed by atoms with Crippen molar-refractivity contribution in [3.8, 4) is 0 Å². The fraction of sp³-hybridized carbons (Fsp3) is 0.538. The van der Waals surface area contributed by atoms with Crippen LogP contribution in [0.5, 0.6) is 0 Å². The maximum Gasteiger partial charge on any atom is 0.137 e. The van der Waals surface area contributed by atoms with Gasteiger partial charge in [-0.25, -0.2) is 4.39 Å². The minimum atomic E-state index is -0.192. The first kappa shape index (κ1) is 13.0. The molecule has 1 heterocycles. The molecule has 1 fully saturated rings. The van der Waals surface area contributed by atoms with Crippen LogP contribution in [0.15, 0.2) is 22.7 Å². The summed E-state index contributed by atoms with van der Waals surface area (Å²) >= 11 is 3.28. The quantitative estimate of drug-likeness (QED) is 0.920. The summed E-state index contributed by atoms with van der Waals surface area (Å²) in [6.45, 7) is 2.87. The van der Waals surface area contributed by atoms with Gasteiger partial charge in [-0.3, -0.25) is 0 Å². The van der Waals surface area contributed by atoms with E-state index in [0.29, 0.717) is 17.1 Å². The molecule has 1 aliphatic heterocycles. The average Bonchev–Trinajstić information content (AvgIpc) is 2.71. The average molecular weight is 301 g/mol. The van der Waals surface area contributed by atoms with Crippen LogP contribution in [-0.4, -0.2) is 31.1 Å². The van der Waals surface area contributed by atoms with Gasteiger partial charge in [0.25, 0.3) is 0 Å². The summed E-state index contributed by atoms with van der Waals surface area (Å²) in [5.74, 6) is -0.192. The molecule has 0 aliphatic carbocycles. The second-order valence-electron chi connectivity index (χ2n) is 4.62. The second-order valence-corrected chi connectivity index (χ2v) is 5.41. The minimum absolute atomic E-state index is 0.192. The number of hydrogen-bond acceptors (Lipinski definition) is 2. The molecule has 1 saturated heterocycles. The van der Waals surface area contributed by atoms with Crippen molar-refractivity contribution in [1.82, 2.24) is 10.2 Å². The van der Waals surface area contributed by atoms with Gasteiger partial charge >= 0.3 is 0 Å². The molecule has 0 spiro atoms. The van der Waals surface area contributed by atoms with Gasteiger partial charge in [-0.2, -0.15) is 0 Å². The van der Waals surface area contributed by atoms with Gasteiger partial charge in [-0.05, 0) is 54.0 Å². The van der Waals surface area contributed by atoms with Crippen molar-refractivity contribution in [2.45, 2.75) is 25.4 Å². The van der Waals surface area contributed by atoms with Crippen molar-refractivity contribution in [3.63, 3.8) is 0 Å². The van der Waals surface area contributed by atoms with Crippen molar-refractivity contribution in [2.75, 3.05) is 20.1 Å². The Bertz CT molecular complexity index is 384. The van der Waals surface area contributed by atoms with Crippen LogP contribution in [0.25, 0.3) is 0 Å². The Labute approximate surface area is 110 Å². The Morgan fingerprint density at radius 2 is 2.35 bits per heavy atom. The van der Waals surface area contributed by atoms with E-state index in [-0.39, 0.29) is 5.82 Å². The van der Waals surface area contributed by atoms with Crippen LogP contribution in [0.4, 0.5) is 4.39 Å². The molecule has 1 aromatic carbocycles. The second kappa shape index (κ2) is 5.94. The summed E-state index contributed by atoms with van der Waals surface area (Å²) < 4.78 is 13.9. The molecule has 0 bridgehead atoms. The third-order valence-corrected chi connectivity index (χ3v) is 4.29. The number of benzene rings is 1. The molecule has 94 valence electrons. The summed E-state index contributed by atoms with van der Waals surface area (Å²) in [5.41, 5.74) is 0.977. The van der Waals surface area contributed by atoms with E-state index >= 15 is 0 Å². The maximum atomic E-state index is 13.3. The predicted octanol–water partition coefficient (Wildman–Crippen LogP) is 2.77. The van der Waals surface area contributed by atoms with Crippen LogP contribution in [-0.2, 0) is 6.54 Å². The highest BCUT2D eigenvalue weighted by Crippen LogP contribution is 2.20. The van der Waals surface area contributed by atoms with Crippen LogP contribution in [0.1, 0.15) is 18.4 Å². The summed E-state index contributed by atoms with van der Waals surface area (Å²) in [6, 6.07) is 5.79. The number of rotatable bonds is 4. The molecule has 1 aromatic rings. The number of hydrogen-bond donors (Lipinski definition) is 1. The van der Waals surface area contributed by atoms with Gasteiger partial charge in [0.1, 0.15) is 5.82 Å².